The van der Waals surface area contributed by atoms with Gasteiger partial charge in [-0.3, -0.25) is 4.68 Å². The van der Waals surface area contributed by atoms with Crippen LogP contribution in [0.5, 0.6) is 0 Å². The molecule has 1 aromatic carbocycles. The number of halogens is 1. The highest BCUT2D eigenvalue weighted by Crippen LogP contribution is 2.24. The van der Waals surface area contributed by atoms with Crippen molar-refractivity contribution in [3.8, 4) is 0 Å². The molecule has 2 rings (SSSR count). The first-order chi connectivity index (χ1) is 10.0. The average Bonchev–Trinajstić information content (AvgIpc) is 2.75. The van der Waals surface area contributed by atoms with Gasteiger partial charge in [0.2, 0.25) is 0 Å². The second-order valence-corrected chi connectivity index (χ2v) is 6.33. The van der Waals surface area contributed by atoms with Crippen LogP contribution in [0.15, 0.2) is 28.7 Å². The van der Waals surface area contributed by atoms with Crippen LogP contribution in [0.1, 0.15) is 36.4 Å². The molecule has 0 aliphatic rings. The van der Waals surface area contributed by atoms with Crippen LogP contribution in [-0.2, 0) is 25.8 Å². The van der Waals surface area contributed by atoms with Gasteiger partial charge in [-0.2, -0.15) is 5.10 Å². The molecule has 0 radical (unpaired) electrons. The first kappa shape index (κ1) is 16.2. The lowest BCUT2D eigenvalue weighted by atomic mass is 10.0. The van der Waals surface area contributed by atoms with Crippen LogP contribution in [0.2, 0.25) is 0 Å². The third kappa shape index (κ3) is 3.95. The highest BCUT2D eigenvalue weighted by Gasteiger charge is 2.16. The van der Waals surface area contributed by atoms with Gasteiger partial charge in [-0.1, -0.05) is 36.8 Å². The van der Waals surface area contributed by atoms with Gasteiger partial charge in [-0.05, 0) is 48.2 Å². The molecule has 114 valence electrons. The van der Waals surface area contributed by atoms with Crippen molar-refractivity contribution >= 4 is 15.9 Å². The van der Waals surface area contributed by atoms with Crippen LogP contribution >= 0.6 is 15.9 Å². The molecule has 2 N–H and O–H groups in total. The second-order valence-electron chi connectivity index (χ2n) is 5.53. The molecule has 21 heavy (non-hydrogen) atoms. The minimum atomic E-state index is 0.106. The predicted molar refractivity (Wildman–Crippen MR) is 91.5 cm³/mol. The first-order valence-corrected chi connectivity index (χ1v) is 8.39. The SMILES string of the molecule is CCc1nn(CC)c(CC(N)Cc2cccc(C)c2)c1Br. The van der Waals surface area contributed by atoms with Crippen molar-refractivity contribution in [2.45, 2.75) is 52.6 Å². The van der Waals surface area contributed by atoms with Gasteiger partial charge in [-0.25, -0.2) is 0 Å². The van der Waals surface area contributed by atoms with E-state index in [1.54, 1.807) is 0 Å². The molecule has 4 heteroatoms. The summed E-state index contributed by atoms with van der Waals surface area (Å²) in [6, 6.07) is 8.68. The van der Waals surface area contributed by atoms with Crippen molar-refractivity contribution in [1.29, 1.82) is 0 Å². The minimum Gasteiger partial charge on any atom is -0.327 e. The van der Waals surface area contributed by atoms with Crippen molar-refractivity contribution in [3.05, 3.63) is 51.3 Å². The van der Waals surface area contributed by atoms with Crippen LogP contribution < -0.4 is 5.73 Å². The van der Waals surface area contributed by atoms with E-state index in [1.807, 2.05) is 0 Å². The summed E-state index contributed by atoms with van der Waals surface area (Å²) < 4.78 is 3.20. The van der Waals surface area contributed by atoms with Gasteiger partial charge in [0, 0.05) is 19.0 Å². The lowest BCUT2D eigenvalue weighted by Crippen LogP contribution is -2.27. The van der Waals surface area contributed by atoms with Gasteiger partial charge in [0.1, 0.15) is 0 Å². The van der Waals surface area contributed by atoms with Gasteiger partial charge in [-0.15, -0.1) is 0 Å². The highest BCUT2D eigenvalue weighted by atomic mass is 79.9. The third-order valence-electron chi connectivity index (χ3n) is 3.73. The summed E-state index contributed by atoms with van der Waals surface area (Å²) in [5.74, 6) is 0. The molecule has 0 spiro atoms. The third-order valence-corrected chi connectivity index (χ3v) is 4.65. The number of aryl methyl sites for hydroxylation is 3. The van der Waals surface area contributed by atoms with Gasteiger partial charge in [0.25, 0.3) is 0 Å². The Morgan fingerprint density at radius 2 is 2.05 bits per heavy atom. The van der Waals surface area contributed by atoms with Crippen LogP contribution in [0.25, 0.3) is 0 Å². The topological polar surface area (TPSA) is 43.8 Å². The molecule has 0 bridgehead atoms. The van der Waals surface area contributed by atoms with E-state index in [0.29, 0.717) is 0 Å². The Bertz CT molecular complexity index is 604. The maximum atomic E-state index is 6.37. The van der Waals surface area contributed by atoms with E-state index >= 15 is 0 Å². The minimum absolute atomic E-state index is 0.106. The van der Waals surface area contributed by atoms with E-state index in [2.05, 4.69) is 70.7 Å². The molecule has 0 saturated heterocycles. The molecule has 2 aromatic rings. The van der Waals surface area contributed by atoms with Gasteiger partial charge in [0.05, 0.1) is 15.9 Å². The van der Waals surface area contributed by atoms with Gasteiger partial charge in [0.15, 0.2) is 0 Å². The molecule has 0 fully saturated rings. The Hall–Kier alpha value is -1.13. The summed E-state index contributed by atoms with van der Waals surface area (Å²) in [5, 5.41) is 4.64. The maximum Gasteiger partial charge on any atom is 0.0766 e. The summed E-state index contributed by atoms with van der Waals surface area (Å²) in [6.07, 6.45) is 2.67. The zero-order chi connectivity index (χ0) is 15.4. The van der Waals surface area contributed by atoms with E-state index in [4.69, 9.17) is 5.73 Å². The van der Waals surface area contributed by atoms with E-state index in [1.165, 1.54) is 16.8 Å². The van der Waals surface area contributed by atoms with Crippen LogP contribution in [0, 0.1) is 6.92 Å². The van der Waals surface area contributed by atoms with E-state index in [0.717, 1.165) is 36.0 Å². The predicted octanol–water partition coefficient (Wildman–Crippen LogP) is 3.65. The van der Waals surface area contributed by atoms with Crippen molar-refractivity contribution in [2.75, 3.05) is 0 Å². The van der Waals surface area contributed by atoms with Crippen LogP contribution in [0.3, 0.4) is 0 Å². The molecule has 1 unspecified atom stereocenters. The zero-order valence-electron chi connectivity index (χ0n) is 13.1. The molecular formula is C17H24BrN3. The molecule has 0 aliphatic carbocycles. The maximum absolute atomic E-state index is 6.37. The number of hydrogen-bond acceptors (Lipinski definition) is 2. The fraction of sp³-hybridized carbons (Fsp3) is 0.471. The Morgan fingerprint density at radius 3 is 2.67 bits per heavy atom. The van der Waals surface area contributed by atoms with E-state index < -0.39 is 0 Å². The summed E-state index contributed by atoms with van der Waals surface area (Å²) in [5.41, 5.74) is 11.3. The zero-order valence-corrected chi connectivity index (χ0v) is 14.7. The van der Waals surface area contributed by atoms with Crippen molar-refractivity contribution < 1.29 is 0 Å². The summed E-state index contributed by atoms with van der Waals surface area (Å²) >= 11 is 3.69. The molecular weight excluding hydrogens is 326 g/mol. The molecule has 1 heterocycles. The monoisotopic (exact) mass is 349 g/mol. The number of nitrogens with zero attached hydrogens (tertiary/aromatic N) is 2. The van der Waals surface area contributed by atoms with Gasteiger partial charge < -0.3 is 5.73 Å². The quantitative estimate of drug-likeness (QED) is 0.864. The highest BCUT2D eigenvalue weighted by molar-refractivity contribution is 9.10. The smallest absolute Gasteiger partial charge is 0.0766 e. The average molecular weight is 350 g/mol. The molecule has 0 amide bonds. The lowest BCUT2D eigenvalue weighted by molar-refractivity contribution is 0.572. The summed E-state index contributed by atoms with van der Waals surface area (Å²) in [4.78, 5) is 0. The number of benzene rings is 1. The molecule has 1 atom stereocenters. The number of rotatable bonds is 6. The number of nitrogens with two attached hydrogens (primary N) is 1. The van der Waals surface area contributed by atoms with Crippen molar-refractivity contribution in [1.82, 2.24) is 9.78 Å². The standard InChI is InChI=1S/C17H24BrN3/c1-4-15-17(18)16(21(5-2)20-15)11-14(19)10-13-8-6-7-12(3)9-13/h6-9,14H,4-5,10-11,19H2,1-3H3. The number of hydrogen-bond donors (Lipinski definition) is 1. The first-order valence-electron chi connectivity index (χ1n) is 7.60. The lowest BCUT2D eigenvalue weighted by Gasteiger charge is -2.13. The molecule has 1 aromatic heterocycles. The molecule has 3 nitrogen and oxygen atoms in total. The fourth-order valence-electron chi connectivity index (χ4n) is 2.67. The largest absolute Gasteiger partial charge is 0.327 e. The molecule has 0 aliphatic heterocycles. The Kier molecular flexibility index (Phi) is 5.59. The van der Waals surface area contributed by atoms with E-state index in [9.17, 15) is 0 Å². The normalized spacial score (nSPS) is 12.6. The fourth-order valence-corrected chi connectivity index (χ4v) is 3.40. The second kappa shape index (κ2) is 7.23. The Labute approximate surface area is 135 Å². The van der Waals surface area contributed by atoms with Crippen LogP contribution in [-0.4, -0.2) is 15.8 Å². The number of aromatic nitrogens is 2. The summed E-state index contributed by atoms with van der Waals surface area (Å²) in [7, 11) is 0. The van der Waals surface area contributed by atoms with E-state index in [-0.39, 0.29) is 6.04 Å². The Morgan fingerprint density at radius 1 is 1.29 bits per heavy atom. The Balaban J connectivity index is 2.12. The molecule has 0 saturated carbocycles. The summed E-state index contributed by atoms with van der Waals surface area (Å²) in [6.45, 7) is 7.24. The van der Waals surface area contributed by atoms with Crippen LogP contribution in [0.4, 0.5) is 0 Å². The van der Waals surface area contributed by atoms with Crippen molar-refractivity contribution in [3.63, 3.8) is 0 Å². The van der Waals surface area contributed by atoms with Crippen molar-refractivity contribution in [2.24, 2.45) is 5.73 Å². The van der Waals surface area contributed by atoms with Gasteiger partial charge >= 0.3 is 0 Å².